The summed E-state index contributed by atoms with van der Waals surface area (Å²) in [6.07, 6.45) is 3.67. The van der Waals surface area contributed by atoms with E-state index in [1.165, 1.54) is 24.5 Å². The number of aromatic nitrogens is 2. The predicted molar refractivity (Wildman–Crippen MR) is 112 cm³/mol. The molecule has 3 aromatic rings. The molecule has 1 saturated carbocycles. The number of nitrogens with zero attached hydrogens (tertiary/aromatic N) is 2. The molecule has 9 heteroatoms. The fraction of sp³-hybridized carbons (Fsp3) is 0.190. The van der Waals surface area contributed by atoms with E-state index in [1.54, 1.807) is 25.3 Å². The predicted octanol–water partition coefficient (Wildman–Crippen LogP) is 3.03. The van der Waals surface area contributed by atoms with Gasteiger partial charge in [0.15, 0.2) is 0 Å². The number of hydrogen-bond acceptors (Lipinski definition) is 6. The van der Waals surface area contributed by atoms with Gasteiger partial charge in [0, 0.05) is 24.0 Å². The number of carbonyl (C=O) groups excluding carboxylic acids is 1. The largest absolute Gasteiger partial charge is 0.497 e. The van der Waals surface area contributed by atoms with Gasteiger partial charge in [-0.05, 0) is 60.4 Å². The summed E-state index contributed by atoms with van der Waals surface area (Å²) in [5.74, 6) is 0.781. The molecule has 4 rings (SSSR count). The van der Waals surface area contributed by atoms with Crippen molar-refractivity contribution in [2.24, 2.45) is 5.92 Å². The molecule has 30 heavy (non-hydrogen) atoms. The minimum atomic E-state index is -3.81. The Kier molecular flexibility index (Phi) is 5.37. The molecule has 2 aromatic carbocycles. The van der Waals surface area contributed by atoms with Crippen molar-refractivity contribution in [3.8, 4) is 5.75 Å². The number of sulfonamides is 1. The zero-order valence-electron chi connectivity index (χ0n) is 16.1. The van der Waals surface area contributed by atoms with Gasteiger partial charge in [0.2, 0.25) is 11.9 Å². The van der Waals surface area contributed by atoms with Gasteiger partial charge < -0.3 is 10.1 Å². The van der Waals surface area contributed by atoms with Gasteiger partial charge in [-0.15, -0.1) is 0 Å². The second-order valence-corrected chi connectivity index (χ2v) is 8.60. The van der Waals surface area contributed by atoms with E-state index in [-0.39, 0.29) is 28.6 Å². The summed E-state index contributed by atoms with van der Waals surface area (Å²) < 4.78 is 32.3. The molecule has 0 spiro atoms. The molecule has 8 nitrogen and oxygen atoms in total. The van der Waals surface area contributed by atoms with Crippen molar-refractivity contribution in [1.29, 1.82) is 0 Å². The topological polar surface area (TPSA) is 110 Å². The van der Waals surface area contributed by atoms with Crippen molar-refractivity contribution in [1.82, 2.24) is 9.97 Å². The SMILES string of the molecule is COc1ccc(C2CC2C(=O)Nc2ccc(S(=O)(=O)Nc3ncccn3)cc2)cc1. The quantitative estimate of drug-likeness (QED) is 0.603. The maximum Gasteiger partial charge on any atom is 0.264 e. The smallest absolute Gasteiger partial charge is 0.264 e. The van der Waals surface area contributed by atoms with Crippen LogP contribution in [0.2, 0.25) is 0 Å². The van der Waals surface area contributed by atoms with Crippen LogP contribution in [0.5, 0.6) is 5.75 Å². The van der Waals surface area contributed by atoms with Crippen LogP contribution in [0.1, 0.15) is 17.9 Å². The molecule has 2 N–H and O–H groups in total. The van der Waals surface area contributed by atoms with E-state index in [4.69, 9.17) is 4.74 Å². The number of anilines is 2. The van der Waals surface area contributed by atoms with Gasteiger partial charge in [-0.2, -0.15) is 0 Å². The van der Waals surface area contributed by atoms with Crippen molar-refractivity contribution in [3.63, 3.8) is 0 Å². The van der Waals surface area contributed by atoms with Crippen LogP contribution < -0.4 is 14.8 Å². The Morgan fingerprint density at radius 3 is 2.33 bits per heavy atom. The van der Waals surface area contributed by atoms with E-state index in [0.717, 1.165) is 17.7 Å². The third kappa shape index (κ3) is 4.41. The lowest BCUT2D eigenvalue weighted by atomic mass is 10.1. The molecule has 1 aliphatic carbocycles. The molecular formula is C21H20N4O4S. The molecule has 2 atom stereocenters. The molecule has 1 aliphatic rings. The Morgan fingerprint density at radius 1 is 1.03 bits per heavy atom. The molecule has 154 valence electrons. The van der Waals surface area contributed by atoms with Gasteiger partial charge in [0.05, 0.1) is 12.0 Å². The summed E-state index contributed by atoms with van der Waals surface area (Å²) in [6, 6.07) is 15.3. The molecular weight excluding hydrogens is 404 g/mol. The van der Waals surface area contributed by atoms with Gasteiger partial charge in [0.1, 0.15) is 5.75 Å². The maximum absolute atomic E-state index is 12.5. The van der Waals surface area contributed by atoms with Gasteiger partial charge in [-0.25, -0.2) is 23.1 Å². The molecule has 1 amide bonds. The van der Waals surface area contributed by atoms with Crippen LogP contribution in [0.4, 0.5) is 11.6 Å². The lowest BCUT2D eigenvalue weighted by Crippen LogP contribution is -2.16. The maximum atomic E-state index is 12.5. The minimum absolute atomic E-state index is 0.00631. The summed E-state index contributed by atoms with van der Waals surface area (Å²) in [7, 11) is -2.20. The number of rotatable bonds is 7. The van der Waals surface area contributed by atoms with Crippen LogP contribution in [0, 0.1) is 5.92 Å². The normalized spacial score (nSPS) is 17.8. The Morgan fingerprint density at radius 2 is 1.70 bits per heavy atom. The standard InChI is InChI=1S/C21H20N4O4S/c1-29-16-7-3-14(4-8-16)18-13-19(18)20(26)24-15-5-9-17(10-6-15)30(27,28)25-21-22-11-2-12-23-21/h2-12,18-19H,13H2,1H3,(H,24,26)(H,22,23,25). The van der Waals surface area contributed by atoms with E-state index in [0.29, 0.717) is 5.69 Å². The Hall–Kier alpha value is -3.46. The molecule has 0 bridgehead atoms. The number of ether oxygens (including phenoxy) is 1. The first-order valence-electron chi connectivity index (χ1n) is 9.31. The first kappa shape index (κ1) is 19.8. The second kappa shape index (κ2) is 8.11. The van der Waals surface area contributed by atoms with Crippen LogP contribution in [0.3, 0.4) is 0 Å². The lowest BCUT2D eigenvalue weighted by molar-refractivity contribution is -0.117. The summed E-state index contributed by atoms with van der Waals surface area (Å²) in [5, 5.41) is 2.85. The molecule has 0 saturated heterocycles. The molecule has 0 radical (unpaired) electrons. The van der Waals surface area contributed by atoms with Crippen LogP contribution in [-0.4, -0.2) is 31.4 Å². The zero-order chi connectivity index (χ0) is 21.1. The molecule has 1 fully saturated rings. The number of benzene rings is 2. The number of hydrogen-bond donors (Lipinski definition) is 2. The van der Waals surface area contributed by atoms with E-state index in [9.17, 15) is 13.2 Å². The van der Waals surface area contributed by atoms with Gasteiger partial charge in [-0.3, -0.25) is 4.79 Å². The van der Waals surface area contributed by atoms with Crippen LogP contribution >= 0.6 is 0 Å². The van der Waals surface area contributed by atoms with Crippen molar-refractivity contribution in [3.05, 3.63) is 72.6 Å². The number of nitrogens with one attached hydrogen (secondary N) is 2. The third-order valence-corrected chi connectivity index (χ3v) is 6.24. The summed E-state index contributed by atoms with van der Waals surface area (Å²) in [4.78, 5) is 20.3. The fourth-order valence-electron chi connectivity index (χ4n) is 3.19. The van der Waals surface area contributed by atoms with Gasteiger partial charge >= 0.3 is 0 Å². The first-order chi connectivity index (χ1) is 14.5. The molecule has 0 aliphatic heterocycles. The van der Waals surface area contributed by atoms with Crippen LogP contribution in [0.25, 0.3) is 0 Å². The van der Waals surface area contributed by atoms with E-state index in [1.807, 2.05) is 24.3 Å². The highest BCUT2D eigenvalue weighted by Crippen LogP contribution is 2.48. The molecule has 1 heterocycles. The van der Waals surface area contributed by atoms with Crippen molar-refractivity contribution >= 4 is 27.6 Å². The summed E-state index contributed by atoms with van der Waals surface area (Å²) in [6.45, 7) is 0. The average Bonchev–Trinajstić information content (AvgIpc) is 3.56. The summed E-state index contributed by atoms with van der Waals surface area (Å²) >= 11 is 0. The monoisotopic (exact) mass is 424 g/mol. The third-order valence-electron chi connectivity index (χ3n) is 4.89. The van der Waals surface area contributed by atoms with E-state index in [2.05, 4.69) is 20.0 Å². The highest BCUT2D eigenvalue weighted by atomic mass is 32.2. The second-order valence-electron chi connectivity index (χ2n) is 6.91. The molecule has 1 aromatic heterocycles. The zero-order valence-corrected chi connectivity index (χ0v) is 17.0. The van der Waals surface area contributed by atoms with Crippen LogP contribution in [-0.2, 0) is 14.8 Å². The fourth-order valence-corrected chi connectivity index (χ4v) is 4.15. The Balaban J connectivity index is 1.37. The van der Waals surface area contributed by atoms with E-state index >= 15 is 0 Å². The lowest BCUT2D eigenvalue weighted by Gasteiger charge is -2.08. The average molecular weight is 424 g/mol. The highest BCUT2D eigenvalue weighted by Gasteiger charge is 2.43. The minimum Gasteiger partial charge on any atom is -0.497 e. The van der Waals surface area contributed by atoms with Crippen molar-refractivity contribution < 1.29 is 17.9 Å². The van der Waals surface area contributed by atoms with Crippen molar-refractivity contribution in [2.75, 3.05) is 17.1 Å². The number of methoxy groups -OCH3 is 1. The first-order valence-corrected chi connectivity index (χ1v) is 10.8. The Labute approximate surface area is 174 Å². The van der Waals surface area contributed by atoms with Crippen LogP contribution in [0.15, 0.2) is 71.9 Å². The Bertz CT molecular complexity index is 1130. The van der Waals surface area contributed by atoms with Gasteiger partial charge in [-0.1, -0.05) is 12.1 Å². The number of amides is 1. The number of carbonyl (C=O) groups is 1. The molecule has 2 unspecified atom stereocenters. The highest BCUT2D eigenvalue weighted by molar-refractivity contribution is 7.92. The van der Waals surface area contributed by atoms with E-state index < -0.39 is 10.0 Å². The summed E-state index contributed by atoms with van der Waals surface area (Å²) in [5.41, 5.74) is 1.64. The van der Waals surface area contributed by atoms with Crippen molar-refractivity contribution in [2.45, 2.75) is 17.2 Å². The van der Waals surface area contributed by atoms with Gasteiger partial charge in [0.25, 0.3) is 10.0 Å².